The van der Waals surface area contributed by atoms with Crippen molar-refractivity contribution in [3.8, 4) is 0 Å². The summed E-state index contributed by atoms with van der Waals surface area (Å²) in [4.78, 5) is 0.356. The molecule has 3 aromatic rings. The van der Waals surface area contributed by atoms with Gasteiger partial charge in [-0.15, -0.1) is 0 Å². The molecule has 0 fully saturated rings. The Morgan fingerprint density at radius 1 is 0.760 bits per heavy atom. The molecule has 0 bridgehead atoms. The summed E-state index contributed by atoms with van der Waals surface area (Å²) >= 11 is 0. The predicted octanol–water partition coefficient (Wildman–Crippen LogP) is 4.90. The first kappa shape index (κ1) is 17.2. The summed E-state index contributed by atoms with van der Waals surface area (Å²) in [5.74, 6) is -0.0326. The summed E-state index contributed by atoms with van der Waals surface area (Å²) in [6, 6.07) is 26.7. The first-order chi connectivity index (χ1) is 12.1. The second-order valence-corrected chi connectivity index (χ2v) is 7.98. The molecule has 25 heavy (non-hydrogen) atoms. The van der Waals surface area contributed by atoms with E-state index in [1.54, 1.807) is 18.2 Å². The number of sulfone groups is 1. The van der Waals surface area contributed by atoms with E-state index in [2.05, 4.69) is 0 Å². The molecular weight excluding hydrogens is 328 g/mol. The molecule has 3 aromatic carbocycles. The van der Waals surface area contributed by atoms with E-state index in [1.165, 1.54) is 0 Å². The highest BCUT2D eigenvalue weighted by Gasteiger charge is 2.14. The van der Waals surface area contributed by atoms with Crippen molar-refractivity contribution in [1.29, 1.82) is 0 Å². The molecule has 0 aliphatic carbocycles. The topological polar surface area (TPSA) is 34.1 Å². The normalized spacial score (nSPS) is 11.1. The fourth-order valence-corrected chi connectivity index (χ4v) is 3.80. The van der Waals surface area contributed by atoms with Crippen LogP contribution in [0.1, 0.15) is 16.7 Å². The summed E-state index contributed by atoms with van der Waals surface area (Å²) < 4.78 is 25.3. The molecule has 0 aromatic heterocycles. The fraction of sp³-hybridized carbons (Fsp3) is 0.0909. The van der Waals surface area contributed by atoms with Crippen LogP contribution in [-0.2, 0) is 9.84 Å². The molecule has 0 radical (unpaired) electrons. The maximum Gasteiger partial charge on any atom is 0.181 e. The van der Waals surface area contributed by atoms with Gasteiger partial charge < -0.3 is 0 Å². The second kappa shape index (κ2) is 7.49. The molecule has 0 atom stereocenters. The second-order valence-electron chi connectivity index (χ2n) is 5.94. The zero-order valence-electron chi connectivity index (χ0n) is 14.1. The van der Waals surface area contributed by atoms with Crippen LogP contribution in [0.2, 0.25) is 0 Å². The van der Waals surface area contributed by atoms with Gasteiger partial charge in [0.05, 0.1) is 10.6 Å². The average molecular weight is 348 g/mol. The van der Waals surface area contributed by atoms with Gasteiger partial charge >= 0.3 is 0 Å². The van der Waals surface area contributed by atoms with Crippen molar-refractivity contribution < 1.29 is 8.42 Å². The number of benzene rings is 3. The number of aryl methyl sites for hydroxylation is 1. The van der Waals surface area contributed by atoms with Gasteiger partial charge in [0.1, 0.15) is 0 Å². The Bertz CT molecular complexity index is 914. The number of hydrogen-bond acceptors (Lipinski definition) is 2. The molecule has 0 amide bonds. The Labute approximate surface area is 149 Å². The lowest BCUT2D eigenvalue weighted by Crippen LogP contribution is -2.05. The SMILES string of the molecule is Cc1ccc(S(=O)(=O)CC=C(c2ccccc2)c2ccccc2)cc1. The molecule has 3 rings (SSSR count). The van der Waals surface area contributed by atoms with Crippen LogP contribution in [0.4, 0.5) is 0 Å². The van der Waals surface area contributed by atoms with E-state index in [4.69, 9.17) is 0 Å². The largest absolute Gasteiger partial charge is 0.223 e. The quantitative estimate of drug-likeness (QED) is 0.657. The van der Waals surface area contributed by atoms with Crippen molar-refractivity contribution in [2.24, 2.45) is 0 Å². The highest BCUT2D eigenvalue weighted by Crippen LogP contribution is 2.24. The minimum atomic E-state index is -3.36. The highest BCUT2D eigenvalue weighted by molar-refractivity contribution is 7.91. The molecule has 2 nitrogen and oxygen atoms in total. The summed E-state index contributed by atoms with van der Waals surface area (Å²) in [6.45, 7) is 1.94. The average Bonchev–Trinajstić information content (AvgIpc) is 2.64. The smallest absolute Gasteiger partial charge is 0.181 e. The van der Waals surface area contributed by atoms with Crippen LogP contribution < -0.4 is 0 Å². The van der Waals surface area contributed by atoms with Gasteiger partial charge in [-0.25, -0.2) is 8.42 Å². The first-order valence-corrected chi connectivity index (χ1v) is 9.82. The van der Waals surface area contributed by atoms with Gasteiger partial charge in [0.2, 0.25) is 0 Å². The Morgan fingerprint density at radius 3 is 1.72 bits per heavy atom. The summed E-state index contributed by atoms with van der Waals surface area (Å²) in [7, 11) is -3.36. The maximum absolute atomic E-state index is 12.7. The van der Waals surface area contributed by atoms with Crippen LogP contribution in [0.3, 0.4) is 0 Å². The lowest BCUT2D eigenvalue weighted by atomic mass is 9.98. The van der Waals surface area contributed by atoms with Crippen LogP contribution in [0, 0.1) is 6.92 Å². The number of rotatable bonds is 5. The minimum Gasteiger partial charge on any atom is -0.223 e. The van der Waals surface area contributed by atoms with Crippen LogP contribution in [0.5, 0.6) is 0 Å². The third-order valence-electron chi connectivity index (χ3n) is 4.06. The van der Waals surface area contributed by atoms with Crippen LogP contribution in [-0.4, -0.2) is 14.2 Å². The number of hydrogen-bond donors (Lipinski definition) is 0. The standard InChI is InChI=1S/C22H20O2S/c1-18-12-14-21(15-13-18)25(23,24)17-16-22(19-8-4-2-5-9-19)20-10-6-3-7-11-20/h2-16H,17H2,1H3. The van der Waals surface area contributed by atoms with Gasteiger partial charge in [-0.1, -0.05) is 84.4 Å². The third kappa shape index (κ3) is 4.25. The molecule has 0 spiro atoms. The first-order valence-electron chi connectivity index (χ1n) is 8.17. The zero-order chi connectivity index (χ0) is 17.7. The summed E-state index contributed by atoms with van der Waals surface area (Å²) in [5, 5.41) is 0. The Kier molecular flexibility index (Phi) is 5.15. The van der Waals surface area contributed by atoms with Gasteiger partial charge in [-0.2, -0.15) is 0 Å². The van der Waals surface area contributed by atoms with E-state index in [-0.39, 0.29) is 5.75 Å². The zero-order valence-corrected chi connectivity index (χ0v) is 14.9. The van der Waals surface area contributed by atoms with Crippen molar-refractivity contribution in [3.05, 3.63) is 108 Å². The lowest BCUT2D eigenvalue weighted by Gasteiger charge is -2.09. The molecule has 0 N–H and O–H groups in total. The van der Waals surface area contributed by atoms with E-state index in [0.29, 0.717) is 4.90 Å². The minimum absolute atomic E-state index is 0.0326. The van der Waals surface area contributed by atoms with Gasteiger partial charge in [-0.05, 0) is 35.8 Å². The molecule has 0 unspecified atom stereocenters. The van der Waals surface area contributed by atoms with Gasteiger partial charge in [0.15, 0.2) is 9.84 Å². The van der Waals surface area contributed by atoms with Crippen LogP contribution in [0.25, 0.3) is 5.57 Å². The molecule has 0 heterocycles. The van der Waals surface area contributed by atoms with Crippen molar-refractivity contribution >= 4 is 15.4 Å². The van der Waals surface area contributed by atoms with E-state index in [9.17, 15) is 8.42 Å². The van der Waals surface area contributed by atoms with Crippen LogP contribution in [0.15, 0.2) is 95.9 Å². The van der Waals surface area contributed by atoms with Crippen molar-refractivity contribution in [2.75, 3.05) is 5.75 Å². The van der Waals surface area contributed by atoms with Gasteiger partial charge in [-0.3, -0.25) is 0 Å². The molecule has 3 heteroatoms. The van der Waals surface area contributed by atoms with Crippen LogP contribution >= 0.6 is 0 Å². The predicted molar refractivity (Wildman–Crippen MR) is 103 cm³/mol. The third-order valence-corrected chi connectivity index (χ3v) is 5.65. The molecule has 0 aliphatic heterocycles. The molecular formula is C22H20O2S. The Hall–Kier alpha value is -2.65. The van der Waals surface area contributed by atoms with E-state index in [0.717, 1.165) is 22.3 Å². The van der Waals surface area contributed by atoms with Crippen molar-refractivity contribution in [3.63, 3.8) is 0 Å². The van der Waals surface area contributed by atoms with Crippen molar-refractivity contribution in [1.82, 2.24) is 0 Å². The highest BCUT2D eigenvalue weighted by atomic mass is 32.2. The molecule has 0 saturated heterocycles. The Balaban J connectivity index is 1.98. The fourth-order valence-electron chi connectivity index (χ4n) is 2.67. The van der Waals surface area contributed by atoms with E-state index < -0.39 is 9.84 Å². The summed E-state index contributed by atoms with van der Waals surface area (Å²) in [5.41, 5.74) is 3.99. The molecule has 0 aliphatic rings. The van der Waals surface area contributed by atoms with Gasteiger partial charge in [0.25, 0.3) is 0 Å². The van der Waals surface area contributed by atoms with Gasteiger partial charge in [0, 0.05) is 0 Å². The summed E-state index contributed by atoms with van der Waals surface area (Å²) in [6.07, 6.45) is 1.81. The van der Waals surface area contributed by atoms with E-state index in [1.807, 2.05) is 79.7 Å². The maximum atomic E-state index is 12.7. The monoisotopic (exact) mass is 348 g/mol. The Morgan fingerprint density at radius 2 is 1.24 bits per heavy atom. The lowest BCUT2D eigenvalue weighted by molar-refractivity contribution is 0.599. The molecule has 0 saturated carbocycles. The van der Waals surface area contributed by atoms with Crippen molar-refractivity contribution in [2.45, 2.75) is 11.8 Å². The van der Waals surface area contributed by atoms with E-state index >= 15 is 0 Å². The molecule has 126 valence electrons.